The first-order valence-corrected chi connectivity index (χ1v) is 7.51. The number of aromatic nitrogens is 2. The average molecular weight is 333 g/mol. The molecular weight excluding hydrogens is 316 g/mol. The van der Waals surface area contributed by atoms with E-state index in [4.69, 9.17) is 10.5 Å². The highest BCUT2D eigenvalue weighted by Gasteiger charge is 2.21. The third-order valence-corrected chi connectivity index (χ3v) is 3.62. The molecule has 1 aliphatic rings. The zero-order valence-electron chi connectivity index (χ0n) is 12.8. The van der Waals surface area contributed by atoms with Crippen LogP contribution in [0, 0.1) is 0 Å². The Labute approximate surface area is 137 Å². The second kappa shape index (κ2) is 7.20. The van der Waals surface area contributed by atoms with Crippen LogP contribution in [0.15, 0.2) is 41.5 Å². The highest BCUT2D eigenvalue weighted by Crippen LogP contribution is 2.31. The van der Waals surface area contributed by atoms with Crippen molar-refractivity contribution >= 4 is 5.96 Å². The number of benzene rings is 1. The monoisotopic (exact) mass is 333 g/mol. The van der Waals surface area contributed by atoms with Crippen molar-refractivity contribution in [2.24, 2.45) is 10.7 Å². The minimum absolute atomic E-state index is 0.00739. The molecule has 1 unspecified atom stereocenters. The van der Waals surface area contributed by atoms with Crippen molar-refractivity contribution in [1.82, 2.24) is 15.3 Å². The van der Waals surface area contributed by atoms with Gasteiger partial charge in [0.05, 0.1) is 12.6 Å². The Morgan fingerprint density at radius 2 is 2.21 bits per heavy atom. The van der Waals surface area contributed by atoms with Crippen molar-refractivity contribution in [3.8, 4) is 5.75 Å². The van der Waals surface area contributed by atoms with Crippen LogP contribution < -0.4 is 15.8 Å². The molecule has 3 N–H and O–H groups in total. The Morgan fingerprint density at radius 3 is 3.04 bits per heavy atom. The Kier molecular flexibility index (Phi) is 4.83. The van der Waals surface area contributed by atoms with E-state index < -0.39 is 6.43 Å². The van der Waals surface area contributed by atoms with Gasteiger partial charge in [0, 0.05) is 18.2 Å². The van der Waals surface area contributed by atoms with E-state index in [1.54, 1.807) is 0 Å². The van der Waals surface area contributed by atoms with E-state index in [1.807, 2.05) is 24.3 Å². The molecular formula is C16H17F2N5O. The Bertz CT molecular complexity index is 738. The molecule has 2 aromatic rings. The fourth-order valence-electron chi connectivity index (χ4n) is 2.48. The van der Waals surface area contributed by atoms with Crippen LogP contribution in [0.2, 0.25) is 0 Å². The number of hydrogen-bond donors (Lipinski definition) is 2. The predicted molar refractivity (Wildman–Crippen MR) is 84.7 cm³/mol. The van der Waals surface area contributed by atoms with E-state index in [0.29, 0.717) is 6.61 Å². The van der Waals surface area contributed by atoms with E-state index in [1.165, 1.54) is 12.3 Å². The van der Waals surface area contributed by atoms with E-state index in [-0.39, 0.29) is 30.1 Å². The van der Waals surface area contributed by atoms with Crippen molar-refractivity contribution in [2.45, 2.75) is 25.4 Å². The SMILES string of the molecule is NC(=NCc1nccc(C(F)F)n1)NC1CCOc2ccccc21. The molecule has 0 aliphatic carbocycles. The minimum atomic E-state index is -2.63. The maximum absolute atomic E-state index is 12.6. The lowest BCUT2D eigenvalue weighted by atomic mass is 10.0. The van der Waals surface area contributed by atoms with E-state index in [0.717, 1.165) is 17.7 Å². The smallest absolute Gasteiger partial charge is 0.280 e. The summed E-state index contributed by atoms with van der Waals surface area (Å²) >= 11 is 0. The highest BCUT2D eigenvalue weighted by molar-refractivity contribution is 5.78. The molecule has 1 aromatic heterocycles. The lowest BCUT2D eigenvalue weighted by Gasteiger charge is -2.26. The first-order valence-electron chi connectivity index (χ1n) is 7.51. The summed E-state index contributed by atoms with van der Waals surface area (Å²) in [6.07, 6.45) is -0.590. The van der Waals surface area contributed by atoms with Gasteiger partial charge >= 0.3 is 0 Å². The molecule has 0 saturated carbocycles. The molecule has 1 aliphatic heterocycles. The molecule has 0 fully saturated rings. The molecule has 24 heavy (non-hydrogen) atoms. The summed E-state index contributed by atoms with van der Waals surface area (Å²) in [7, 11) is 0. The van der Waals surface area contributed by atoms with Gasteiger partial charge in [-0.05, 0) is 12.1 Å². The number of fused-ring (bicyclic) bond motifs is 1. The Balaban J connectivity index is 1.66. The summed E-state index contributed by atoms with van der Waals surface area (Å²) in [4.78, 5) is 11.8. The molecule has 3 rings (SSSR count). The number of alkyl halides is 2. The number of ether oxygens (including phenoxy) is 1. The van der Waals surface area contributed by atoms with Crippen LogP contribution in [0.25, 0.3) is 0 Å². The minimum Gasteiger partial charge on any atom is -0.493 e. The molecule has 1 aromatic carbocycles. The maximum atomic E-state index is 12.6. The second-order valence-corrected chi connectivity index (χ2v) is 5.27. The number of nitrogens with two attached hydrogens (primary N) is 1. The number of rotatable bonds is 4. The summed E-state index contributed by atoms with van der Waals surface area (Å²) in [6.45, 7) is 0.617. The van der Waals surface area contributed by atoms with Gasteiger partial charge in [-0.15, -0.1) is 0 Å². The number of para-hydroxylation sites is 1. The van der Waals surface area contributed by atoms with Crippen molar-refractivity contribution < 1.29 is 13.5 Å². The van der Waals surface area contributed by atoms with Gasteiger partial charge in [-0.2, -0.15) is 0 Å². The van der Waals surface area contributed by atoms with Crippen molar-refractivity contribution in [2.75, 3.05) is 6.61 Å². The van der Waals surface area contributed by atoms with Crippen LogP contribution in [-0.4, -0.2) is 22.5 Å². The first-order chi connectivity index (χ1) is 11.6. The second-order valence-electron chi connectivity index (χ2n) is 5.27. The van der Waals surface area contributed by atoms with Crippen molar-refractivity contribution in [1.29, 1.82) is 0 Å². The summed E-state index contributed by atoms with van der Waals surface area (Å²) in [6, 6.07) is 8.88. The summed E-state index contributed by atoms with van der Waals surface area (Å²) in [5, 5.41) is 3.13. The normalized spacial score (nSPS) is 17.3. The van der Waals surface area contributed by atoms with Gasteiger partial charge < -0.3 is 15.8 Å². The Morgan fingerprint density at radius 1 is 1.38 bits per heavy atom. The standard InChI is InChI=1S/C16H17F2N5O/c17-15(18)12-5-7-20-14(22-12)9-21-16(19)23-11-6-8-24-13-4-2-1-3-10(11)13/h1-5,7,11,15H,6,8-9H2,(H3,19,21,23). The summed E-state index contributed by atoms with van der Waals surface area (Å²) in [5.74, 6) is 1.23. The quantitative estimate of drug-likeness (QED) is 0.663. The van der Waals surface area contributed by atoms with Crippen LogP contribution in [0.1, 0.15) is 36.0 Å². The molecule has 1 atom stereocenters. The van der Waals surface area contributed by atoms with E-state index >= 15 is 0 Å². The Hall–Kier alpha value is -2.77. The van der Waals surface area contributed by atoms with Crippen LogP contribution in [0.3, 0.4) is 0 Å². The number of aliphatic imine (C=N–C) groups is 1. The average Bonchev–Trinajstić information content (AvgIpc) is 2.60. The number of halogens is 2. The molecule has 8 heteroatoms. The van der Waals surface area contributed by atoms with Crippen LogP contribution in [-0.2, 0) is 6.54 Å². The number of guanidine groups is 1. The number of hydrogen-bond acceptors (Lipinski definition) is 4. The zero-order chi connectivity index (χ0) is 16.9. The fourth-order valence-corrected chi connectivity index (χ4v) is 2.48. The van der Waals surface area contributed by atoms with Crippen LogP contribution in [0.5, 0.6) is 5.75 Å². The molecule has 126 valence electrons. The van der Waals surface area contributed by atoms with Crippen molar-refractivity contribution in [3.05, 3.63) is 53.6 Å². The topological polar surface area (TPSA) is 85.4 Å². The lowest BCUT2D eigenvalue weighted by Crippen LogP contribution is -2.37. The third kappa shape index (κ3) is 3.76. The number of nitrogens with zero attached hydrogens (tertiary/aromatic N) is 3. The molecule has 0 amide bonds. The van der Waals surface area contributed by atoms with Gasteiger partial charge in [0.1, 0.15) is 23.8 Å². The van der Waals surface area contributed by atoms with Crippen LogP contribution in [0.4, 0.5) is 8.78 Å². The highest BCUT2D eigenvalue weighted by atomic mass is 19.3. The lowest BCUT2D eigenvalue weighted by molar-refractivity contribution is 0.145. The van der Waals surface area contributed by atoms with E-state index in [9.17, 15) is 8.78 Å². The molecule has 0 saturated heterocycles. The molecule has 0 radical (unpaired) electrons. The third-order valence-electron chi connectivity index (χ3n) is 3.62. The molecule has 6 nitrogen and oxygen atoms in total. The molecule has 2 heterocycles. The fraction of sp³-hybridized carbons (Fsp3) is 0.312. The molecule has 0 bridgehead atoms. The predicted octanol–water partition coefficient (Wildman–Crippen LogP) is 2.34. The van der Waals surface area contributed by atoms with Gasteiger partial charge in [-0.25, -0.2) is 23.7 Å². The first kappa shape index (κ1) is 16.1. The van der Waals surface area contributed by atoms with Gasteiger partial charge in [0.25, 0.3) is 6.43 Å². The maximum Gasteiger partial charge on any atom is 0.280 e. The van der Waals surface area contributed by atoms with Crippen LogP contribution >= 0.6 is 0 Å². The summed E-state index contributed by atoms with van der Waals surface area (Å²) in [5.41, 5.74) is 6.59. The zero-order valence-corrected chi connectivity index (χ0v) is 12.8. The molecule has 0 spiro atoms. The van der Waals surface area contributed by atoms with Crippen molar-refractivity contribution in [3.63, 3.8) is 0 Å². The van der Waals surface area contributed by atoms with Gasteiger partial charge in [-0.1, -0.05) is 18.2 Å². The van der Waals surface area contributed by atoms with Gasteiger partial charge in [-0.3, -0.25) is 0 Å². The van der Waals surface area contributed by atoms with Gasteiger partial charge in [0.2, 0.25) is 0 Å². The summed E-state index contributed by atoms with van der Waals surface area (Å²) < 4.78 is 30.8. The largest absolute Gasteiger partial charge is 0.493 e. The number of nitrogens with one attached hydrogen (secondary N) is 1. The van der Waals surface area contributed by atoms with E-state index in [2.05, 4.69) is 20.3 Å². The van der Waals surface area contributed by atoms with Gasteiger partial charge in [0.15, 0.2) is 5.96 Å².